The third kappa shape index (κ3) is 2.66. The normalized spacial score (nSPS) is 18.2. The Morgan fingerprint density at radius 3 is 3.05 bits per heavy atom. The van der Waals surface area contributed by atoms with Gasteiger partial charge in [0.05, 0.1) is 6.54 Å². The molecule has 0 unspecified atom stereocenters. The van der Waals surface area contributed by atoms with Gasteiger partial charge in [-0.05, 0) is 25.2 Å². The molecule has 1 atom stereocenters. The number of nitrogens with zero attached hydrogens (tertiary/aromatic N) is 3. The zero-order chi connectivity index (χ0) is 15.0. The zero-order valence-corrected chi connectivity index (χ0v) is 12.6. The van der Waals surface area contributed by atoms with Gasteiger partial charge in [0, 0.05) is 23.0 Å². The summed E-state index contributed by atoms with van der Waals surface area (Å²) in [4.78, 5) is 17.2. The number of hydrogen-bond donors (Lipinski definition) is 0. The van der Waals surface area contributed by atoms with E-state index in [9.17, 15) is 13.6 Å². The highest BCUT2D eigenvalue weighted by Crippen LogP contribution is 2.29. The molecule has 2 aromatic rings. The van der Waals surface area contributed by atoms with Crippen LogP contribution in [0.25, 0.3) is 0 Å². The van der Waals surface area contributed by atoms with Crippen LogP contribution in [0, 0.1) is 5.92 Å². The van der Waals surface area contributed by atoms with Crippen molar-refractivity contribution in [2.75, 3.05) is 0 Å². The summed E-state index contributed by atoms with van der Waals surface area (Å²) in [6, 6.07) is 0. The lowest BCUT2D eigenvalue weighted by Gasteiger charge is -2.21. The van der Waals surface area contributed by atoms with Crippen LogP contribution >= 0.6 is 11.3 Å². The fourth-order valence-electron chi connectivity index (χ4n) is 2.91. The first kappa shape index (κ1) is 14.4. The molecule has 0 bridgehead atoms. The molecule has 0 saturated heterocycles. The van der Waals surface area contributed by atoms with E-state index in [1.165, 1.54) is 23.7 Å². The van der Waals surface area contributed by atoms with Gasteiger partial charge in [-0.25, -0.2) is 4.98 Å². The van der Waals surface area contributed by atoms with Crippen molar-refractivity contribution in [3.05, 3.63) is 38.5 Å². The number of halogens is 2. The Labute approximate surface area is 125 Å². The molecule has 0 radical (unpaired) electrons. The smallest absolute Gasteiger partial charge is 0.295 e. The second kappa shape index (κ2) is 5.71. The van der Waals surface area contributed by atoms with Gasteiger partial charge in [-0.2, -0.15) is 8.78 Å². The van der Waals surface area contributed by atoms with E-state index >= 15 is 0 Å². The van der Waals surface area contributed by atoms with Crippen molar-refractivity contribution in [3.63, 3.8) is 0 Å². The van der Waals surface area contributed by atoms with Crippen LogP contribution in [-0.4, -0.2) is 14.1 Å². The van der Waals surface area contributed by atoms with Crippen molar-refractivity contribution in [3.8, 4) is 0 Å². The van der Waals surface area contributed by atoms with Gasteiger partial charge in [0.1, 0.15) is 5.82 Å². The number of aromatic nitrogens is 3. The molecule has 0 aliphatic heterocycles. The number of rotatable bonds is 4. The molecule has 0 amide bonds. The molecule has 0 fully saturated rings. The predicted octanol–water partition coefficient (Wildman–Crippen LogP) is 3.06. The topological polar surface area (TPSA) is 39.8 Å². The Bertz CT molecular complexity index is 689. The number of thiazole rings is 1. The van der Waals surface area contributed by atoms with Gasteiger partial charge in [0.25, 0.3) is 0 Å². The first-order valence-electron chi connectivity index (χ1n) is 7.11. The van der Waals surface area contributed by atoms with Crippen molar-refractivity contribution in [2.45, 2.75) is 45.7 Å². The number of fused-ring (bicyclic) bond motifs is 1. The van der Waals surface area contributed by atoms with E-state index in [-0.39, 0.29) is 17.2 Å². The van der Waals surface area contributed by atoms with E-state index in [1.54, 1.807) is 4.57 Å². The summed E-state index contributed by atoms with van der Waals surface area (Å²) < 4.78 is 28.2. The van der Waals surface area contributed by atoms with E-state index in [4.69, 9.17) is 0 Å². The standard InChI is InChI=1S/C14H17F2N3OS/c1-2-9-3-4-10-11(7-9)21-14(20)19(10)8-12-17-5-6-18(12)13(15)16/h5-6,9,13H,2-4,7-8H2,1H3/t9-/m0/s1. The third-order valence-electron chi connectivity index (χ3n) is 4.18. The number of imidazole rings is 1. The molecule has 21 heavy (non-hydrogen) atoms. The minimum atomic E-state index is -2.63. The van der Waals surface area contributed by atoms with Crippen LogP contribution < -0.4 is 4.87 Å². The third-order valence-corrected chi connectivity index (χ3v) is 5.22. The molecule has 0 N–H and O–H groups in total. The highest BCUT2D eigenvalue weighted by Gasteiger charge is 2.24. The molecule has 0 spiro atoms. The van der Waals surface area contributed by atoms with E-state index < -0.39 is 6.55 Å². The first-order valence-corrected chi connectivity index (χ1v) is 7.93. The maximum atomic E-state index is 12.9. The van der Waals surface area contributed by atoms with Gasteiger partial charge < -0.3 is 0 Å². The monoisotopic (exact) mass is 313 g/mol. The molecular weight excluding hydrogens is 296 g/mol. The molecular formula is C14H17F2N3OS. The molecule has 7 heteroatoms. The Kier molecular flexibility index (Phi) is 3.93. The Morgan fingerprint density at radius 1 is 1.52 bits per heavy atom. The van der Waals surface area contributed by atoms with Gasteiger partial charge >= 0.3 is 11.4 Å². The van der Waals surface area contributed by atoms with Crippen LogP contribution in [0.3, 0.4) is 0 Å². The second-order valence-corrected chi connectivity index (χ2v) is 6.42. The number of hydrogen-bond acceptors (Lipinski definition) is 3. The van der Waals surface area contributed by atoms with Crippen molar-refractivity contribution >= 4 is 11.3 Å². The van der Waals surface area contributed by atoms with Crippen LogP contribution in [0.1, 0.15) is 42.7 Å². The van der Waals surface area contributed by atoms with Crippen LogP contribution in [0.2, 0.25) is 0 Å². The molecule has 2 aromatic heterocycles. The summed E-state index contributed by atoms with van der Waals surface area (Å²) in [5, 5.41) is 0. The average molecular weight is 313 g/mol. The summed E-state index contributed by atoms with van der Waals surface area (Å²) in [5.41, 5.74) is 1.01. The van der Waals surface area contributed by atoms with Crippen LogP contribution in [0.4, 0.5) is 8.78 Å². The fourth-order valence-corrected chi connectivity index (χ4v) is 4.06. The highest BCUT2D eigenvalue weighted by atomic mass is 32.1. The summed E-state index contributed by atoms with van der Waals surface area (Å²) in [5.74, 6) is 0.859. The van der Waals surface area contributed by atoms with Gasteiger partial charge in [-0.3, -0.25) is 13.9 Å². The maximum absolute atomic E-state index is 12.9. The van der Waals surface area contributed by atoms with E-state index in [0.717, 1.165) is 40.8 Å². The van der Waals surface area contributed by atoms with Crippen molar-refractivity contribution < 1.29 is 8.78 Å². The quantitative estimate of drug-likeness (QED) is 0.870. The molecule has 1 aliphatic rings. The van der Waals surface area contributed by atoms with Crippen LogP contribution in [0.15, 0.2) is 17.2 Å². The summed E-state index contributed by atoms with van der Waals surface area (Å²) in [6.45, 7) is -0.342. The van der Waals surface area contributed by atoms with E-state index in [1.807, 2.05) is 0 Å². The Morgan fingerprint density at radius 2 is 2.33 bits per heavy atom. The van der Waals surface area contributed by atoms with Gasteiger partial charge in [-0.1, -0.05) is 24.7 Å². The maximum Gasteiger partial charge on any atom is 0.319 e. The van der Waals surface area contributed by atoms with Gasteiger partial charge in [0.2, 0.25) is 0 Å². The lowest BCUT2D eigenvalue weighted by molar-refractivity contribution is 0.0666. The van der Waals surface area contributed by atoms with Gasteiger partial charge in [0.15, 0.2) is 0 Å². The van der Waals surface area contributed by atoms with Crippen molar-refractivity contribution in [1.82, 2.24) is 14.1 Å². The molecule has 3 rings (SSSR count). The lowest BCUT2D eigenvalue weighted by atomic mass is 9.89. The van der Waals surface area contributed by atoms with E-state index in [0.29, 0.717) is 5.92 Å². The molecule has 2 heterocycles. The minimum Gasteiger partial charge on any atom is -0.295 e. The second-order valence-electron chi connectivity index (χ2n) is 5.37. The first-order chi connectivity index (χ1) is 10.1. The molecule has 4 nitrogen and oxygen atoms in total. The SMILES string of the molecule is CC[C@H]1CCc2c(sc(=O)n2Cc2nccn2C(F)F)C1. The zero-order valence-electron chi connectivity index (χ0n) is 11.8. The Balaban J connectivity index is 1.92. The largest absolute Gasteiger partial charge is 0.319 e. The minimum absolute atomic E-state index is 0.0689. The summed E-state index contributed by atoms with van der Waals surface area (Å²) >= 11 is 1.25. The molecule has 0 aromatic carbocycles. The molecule has 0 saturated carbocycles. The molecule has 114 valence electrons. The predicted molar refractivity (Wildman–Crippen MR) is 77.0 cm³/mol. The summed E-state index contributed by atoms with van der Waals surface area (Å²) in [6.07, 6.45) is 6.55. The van der Waals surface area contributed by atoms with E-state index in [2.05, 4.69) is 11.9 Å². The van der Waals surface area contributed by atoms with Gasteiger partial charge in [-0.15, -0.1) is 0 Å². The number of alkyl halides is 2. The Hall–Kier alpha value is -1.50. The van der Waals surface area contributed by atoms with Crippen LogP contribution in [0.5, 0.6) is 0 Å². The van der Waals surface area contributed by atoms with Crippen LogP contribution in [-0.2, 0) is 19.4 Å². The fraction of sp³-hybridized carbons (Fsp3) is 0.571. The average Bonchev–Trinajstić information content (AvgIpc) is 3.04. The summed E-state index contributed by atoms with van der Waals surface area (Å²) in [7, 11) is 0. The lowest BCUT2D eigenvalue weighted by Crippen LogP contribution is -2.22. The highest BCUT2D eigenvalue weighted by molar-refractivity contribution is 7.09. The van der Waals surface area contributed by atoms with Crippen molar-refractivity contribution in [1.29, 1.82) is 0 Å². The van der Waals surface area contributed by atoms with Crippen molar-refractivity contribution in [2.24, 2.45) is 5.92 Å². The molecule has 1 aliphatic carbocycles.